The van der Waals surface area contributed by atoms with Gasteiger partial charge in [0.25, 0.3) is 0 Å². The summed E-state index contributed by atoms with van der Waals surface area (Å²) < 4.78 is 11.2. The van der Waals surface area contributed by atoms with E-state index in [0.717, 1.165) is 80.7 Å². The van der Waals surface area contributed by atoms with E-state index in [2.05, 4.69) is 51.6 Å². The molecule has 2 aromatic carbocycles. The molecule has 0 saturated carbocycles. The number of hydrogen-bond acceptors (Lipinski definition) is 7. The monoisotopic (exact) mass is 517 g/mol. The fraction of sp³-hybridized carbons (Fsp3) is 0.467. The quantitative estimate of drug-likeness (QED) is 0.463. The van der Waals surface area contributed by atoms with Crippen molar-refractivity contribution in [2.24, 2.45) is 11.8 Å². The molecule has 0 bridgehead atoms. The molecule has 1 N–H and O–H groups in total. The van der Waals surface area contributed by atoms with Crippen LogP contribution in [0.5, 0.6) is 5.75 Å². The predicted molar refractivity (Wildman–Crippen MR) is 150 cm³/mol. The van der Waals surface area contributed by atoms with Crippen LogP contribution in [0.1, 0.15) is 24.3 Å². The Morgan fingerprint density at radius 2 is 1.84 bits per heavy atom. The highest BCUT2D eigenvalue weighted by Crippen LogP contribution is 2.30. The molecule has 3 heterocycles. The Bertz CT molecular complexity index is 1180. The van der Waals surface area contributed by atoms with Gasteiger partial charge in [-0.3, -0.25) is 4.79 Å². The van der Waals surface area contributed by atoms with Gasteiger partial charge in [0.05, 0.1) is 25.0 Å². The lowest BCUT2D eigenvalue weighted by Crippen LogP contribution is -2.50. The number of nitrogens with zero attached hydrogens (tertiary/aromatic N) is 4. The fourth-order valence-corrected chi connectivity index (χ4v) is 5.73. The highest BCUT2D eigenvalue weighted by Gasteiger charge is 2.31. The molecule has 2 saturated heterocycles. The SMILES string of the molecule is COc1ccccc1N1CCN(C(=O)CC2CCNCC2Cc2cc(CN(C)c3ccccc3)on2)CC1. The number of anilines is 2. The van der Waals surface area contributed by atoms with E-state index >= 15 is 0 Å². The molecule has 38 heavy (non-hydrogen) atoms. The van der Waals surface area contributed by atoms with E-state index in [0.29, 0.717) is 24.8 Å². The van der Waals surface area contributed by atoms with Crippen LogP contribution in [0.15, 0.2) is 65.2 Å². The summed E-state index contributed by atoms with van der Waals surface area (Å²) in [5, 5.41) is 7.89. The largest absolute Gasteiger partial charge is 0.495 e. The van der Waals surface area contributed by atoms with Crippen molar-refractivity contribution in [2.75, 3.05) is 63.2 Å². The van der Waals surface area contributed by atoms with Gasteiger partial charge in [-0.15, -0.1) is 0 Å². The van der Waals surface area contributed by atoms with E-state index < -0.39 is 0 Å². The minimum atomic E-state index is 0.270. The first kappa shape index (κ1) is 26.1. The molecule has 5 rings (SSSR count). The summed E-state index contributed by atoms with van der Waals surface area (Å²) in [6.07, 6.45) is 2.44. The number of aromatic nitrogens is 1. The van der Waals surface area contributed by atoms with Crippen molar-refractivity contribution in [3.63, 3.8) is 0 Å². The third-order valence-electron chi connectivity index (χ3n) is 7.93. The van der Waals surface area contributed by atoms with Gasteiger partial charge in [0.15, 0.2) is 5.76 Å². The number of ether oxygens (including phenoxy) is 1. The number of carbonyl (C=O) groups excluding carboxylic acids is 1. The number of nitrogens with one attached hydrogen (secondary N) is 1. The zero-order valence-corrected chi connectivity index (χ0v) is 22.5. The first-order valence-electron chi connectivity index (χ1n) is 13.7. The zero-order valence-electron chi connectivity index (χ0n) is 22.5. The molecular formula is C30H39N5O3. The van der Waals surface area contributed by atoms with Crippen LogP contribution in [0.4, 0.5) is 11.4 Å². The average Bonchev–Trinajstić information content (AvgIpc) is 3.41. The van der Waals surface area contributed by atoms with E-state index in [-0.39, 0.29) is 5.91 Å². The number of rotatable bonds is 9. The Labute approximate surface area is 225 Å². The van der Waals surface area contributed by atoms with Gasteiger partial charge in [0.1, 0.15) is 5.75 Å². The molecule has 2 aliphatic heterocycles. The van der Waals surface area contributed by atoms with E-state index in [1.165, 1.54) is 0 Å². The lowest BCUT2D eigenvalue weighted by molar-refractivity contribution is -0.133. The maximum absolute atomic E-state index is 13.3. The van der Waals surface area contributed by atoms with Crippen molar-refractivity contribution < 1.29 is 14.1 Å². The second kappa shape index (κ2) is 12.3. The molecule has 2 aliphatic rings. The summed E-state index contributed by atoms with van der Waals surface area (Å²) >= 11 is 0. The number of hydrogen-bond donors (Lipinski definition) is 1. The molecule has 2 unspecified atom stereocenters. The molecule has 8 heteroatoms. The number of carbonyl (C=O) groups is 1. The van der Waals surface area contributed by atoms with E-state index in [9.17, 15) is 4.79 Å². The third kappa shape index (κ3) is 6.30. The first-order chi connectivity index (χ1) is 18.6. The first-order valence-corrected chi connectivity index (χ1v) is 13.7. The lowest BCUT2D eigenvalue weighted by Gasteiger charge is -2.38. The molecule has 1 amide bonds. The van der Waals surface area contributed by atoms with Crippen molar-refractivity contribution >= 4 is 17.3 Å². The Hall–Kier alpha value is -3.52. The van der Waals surface area contributed by atoms with Crippen LogP contribution >= 0.6 is 0 Å². The lowest BCUT2D eigenvalue weighted by atomic mass is 9.81. The summed E-state index contributed by atoms with van der Waals surface area (Å²) in [6, 6.07) is 20.4. The summed E-state index contributed by atoms with van der Waals surface area (Å²) in [5.74, 6) is 2.73. The Kier molecular flexibility index (Phi) is 8.48. The van der Waals surface area contributed by atoms with Crippen molar-refractivity contribution in [3.8, 4) is 5.75 Å². The van der Waals surface area contributed by atoms with Gasteiger partial charge in [-0.1, -0.05) is 35.5 Å². The third-order valence-corrected chi connectivity index (χ3v) is 7.93. The molecule has 2 atom stereocenters. The van der Waals surface area contributed by atoms with Gasteiger partial charge >= 0.3 is 0 Å². The Morgan fingerprint density at radius 1 is 1.08 bits per heavy atom. The van der Waals surface area contributed by atoms with Crippen molar-refractivity contribution in [1.29, 1.82) is 0 Å². The predicted octanol–water partition coefficient (Wildman–Crippen LogP) is 3.83. The van der Waals surface area contributed by atoms with Gasteiger partial charge in [-0.2, -0.15) is 0 Å². The maximum Gasteiger partial charge on any atom is 0.222 e. The highest BCUT2D eigenvalue weighted by atomic mass is 16.5. The highest BCUT2D eigenvalue weighted by molar-refractivity contribution is 5.77. The number of amides is 1. The molecular weight excluding hydrogens is 478 g/mol. The van der Waals surface area contributed by atoms with Crippen molar-refractivity contribution in [3.05, 3.63) is 72.1 Å². The second-order valence-electron chi connectivity index (χ2n) is 10.4. The number of para-hydroxylation sites is 3. The maximum atomic E-state index is 13.3. The molecule has 1 aromatic heterocycles. The molecule has 2 fully saturated rings. The van der Waals surface area contributed by atoms with Crippen LogP contribution in [-0.2, 0) is 17.8 Å². The van der Waals surface area contributed by atoms with Crippen molar-refractivity contribution in [2.45, 2.75) is 25.8 Å². The Balaban J connectivity index is 1.14. The van der Waals surface area contributed by atoms with Crippen LogP contribution in [0, 0.1) is 11.8 Å². The Morgan fingerprint density at radius 3 is 2.63 bits per heavy atom. The van der Waals surface area contributed by atoms with Crippen LogP contribution in [0.2, 0.25) is 0 Å². The summed E-state index contributed by atoms with van der Waals surface area (Å²) in [5.41, 5.74) is 3.21. The van der Waals surface area contributed by atoms with Crippen LogP contribution in [-0.4, -0.2) is 69.4 Å². The number of benzene rings is 2. The minimum absolute atomic E-state index is 0.270. The second-order valence-corrected chi connectivity index (χ2v) is 10.4. The van der Waals surface area contributed by atoms with Crippen molar-refractivity contribution in [1.82, 2.24) is 15.4 Å². The smallest absolute Gasteiger partial charge is 0.222 e. The summed E-state index contributed by atoms with van der Waals surface area (Å²) in [4.78, 5) is 19.8. The number of piperidine rings is 1. The van der Waals surface area contributed by atoms with Gasteiger partial charge in [-0.25, -0.2) is 0 Å². The standard InChI is InChI=1S/C30H39N5O3/c1-33(26-8-4-3-5-9-26)22-27-20-25(32-38-27)18-24-21-31-13-12-23(24)19-30(36)35-16-14-34(15-17-35)28-10-6-7-11-29(28)37-2/h3-11,20,23-24,31H,12-19,21-22H2,1-2H3. The summed E-state index contributed by atoms with van der Waals surface area (Å²) in [7, 11) is 3.76. The molecule has 0 aliphatic carbocycles. The van der Waals surface area contributed by atoms with E-state index in [1.807, 2.05) is 41.3 Å². The number of piperazine rings is 1. The van der Waals surface area contributed by atoms with Gasteiger partial charge < -0.3 is 29.3 Å². The van der Waals surface area contributed by atoms with Gasteiger partial charge in [0, 0.05) is 51.4 Å². The molecule has 0 radical (unpaired) electrons. The summed E-state index contributed by atoms with van der Waals surface area (Å²) in [6.45, 7) is 5.67. The van der Waals surface area contributed by atoms with E-state index in [4.69, 9.17) is 9.26 Å². The van der Waals surface area contributed by atoms with Gasteiger partial charge in [-0.05, 0) is 62.0 Å². The molecule has 3 aromatic rings. The average molecular weight is 518 g/mol. The molecule has 202 valence electrons. The van der Waals surface area contributed by atoms with Crippen LogP contribution in [0.3, 0.4) is 0 Å². The normalized spacial score (nSPS) is 19.8. The fourth-order valence-electron chi connectivity index (χ4n) is 5.73. The molecule has 8 nitrogen and oxygen atoms in total. The van der Waals surface area contributed by atoms with Crippen LogP contribution in [0.25, 0.3) is 0 Å². The zero-order chi connectivity index (χ0) is 26.3. The van der Waals surface area contributed by atoms with E-state index in [1.54, 1.807) is 7.11 Å². The van der Waals surface area contributed by atoms with Gasteiger partial charge in [0.2, 0.25) is 5.91 Å². The minimum Gasteiger partial charge on any atom is -0.495 e. The number of methoxy groups -OCH3 is 1. The van der Waals surface area contributed by atoms with Crippen LogP contribution < -0.4 is 19.9 Å². The topological polar surface area (TPSA) is 74.1 Å². The molecule has 0 spiro atoms.